The second kappa shape index (κ2) is 9.55. The van der Waals surface area contributed by atoms with Gasteiger partial charge in [0.05, 0.1) is 11.4 Å². The van der Waals surface area contributed by atoms with Crippen LogP contribution in [-0.4, -0.2) is 37.6 Å². The molecule has 0 aliphatic rings. The van der Waals surface area contributed by atoms with Crippen LogP contribution < -0.4 is 10.5 Å². The van der Waals surface area contributed by atoms with Gasteiger partial charge in [0.25, 0.3) is 5.56 Å². The molecule has 0 saturated carbocycles. The molecule has 2 heterocycles. The molecule has 0 spiro atoms. The molecule has 4 rings (SSSR count). The molecule has 31 heavy (non-hydrogen) atoms. The molecule has 0 atom stereocenters. The molecular formula is C24H28N6O. The van der Waals surface area contributed by atoms with Crippen LogP contribution in [0.1, 0.15) is 39.5 Å². The third-order valence-corrected chi connectivity index (χ3v) is 5.32. The highest BCUT2D eigenvalue weighted by Gasteiger charge is 2.22. The summed E-state index contributed by atoms with van der Waals surface area (Å²) in [6.45, 7) is 6.03. The minimum Gasteiger partial charge on any atom is -0.342 e. The van der Waals surface area contributed by atoms with Crippen molar-refractivity contribution < 1.29 is 0 Å². The van der Waals surface area contributed by atoms with E-state index in [1.54, 1.807) is 9.25 Å². The number of para-hydroxylation sites is 2. The fraction of sp³-hybridized carbons (Fsp3) is 0.333. The monoisotopic (exact) mass is 416 g/mol. The van der Waals surface area contributed by atoms with E-state index < -0.39 is 0 Å². The van der Waals surface area contributed by atoms with Gasteiger partial charge >= 0.3 is 0 Å². The molecule has 0 amide bonds. The SMILES string of the molecule is CCCCN(CCCC)c1nc2c(nnn2-c2ccccc2)c(=O)n1-c1ccccc1. The number of unbranched alkanes of at least 4 members (excludes halogenated alkanes) is 2. The van der Waals surface area contributed by atoms with E-state index >= 15 is 0 Å². The van der Waals surface area contributed by atoms with E-state index in [1.165, 1.54) is 0 Å². The van der Waals surface area contributed by atoms with Crippen molar-refractivity contribution in [2.45, 2.75) is 39.5 Å². The van der Waals surface area contributed by atoms with E-state index in [4.69, 9.17) is 4.98 Å². The third kappa shape index (κ3) is 4.21. The molecule has 0 saturated heterocycles. The molecule has 0 unspecified atom stereocenters. The average Bonchev–Trinajstić information content (AvgIpc) is 3.25. The first kappa shape index (κ1) is 20.8. The molecule has 160 valence electrons. The summed E-state index contributed by atoms with van der Waals surface area (Å²) in [4.78, 5) is 20.8. The molecule has 7 nitrogen and oxygen atoms in total. The smallest absolute Gasteiger partial charge is 0.289 e. The molecule has 2 aromatic carbocycles. The number of hydrogen-bond donors (Lipinski definition) is 0. The lowest BCUT2D eigenvalue weighted by atomic mass is 10.2. The van der Waals surface area contributed by atoms with Gasteiger partial charge < -0.3 is 4.90 Å². The van der Waals surface area contributed by atoms with Crippen LogP contribution in [0.4, 0.5) is 5.95 Å². The second-order valence-electron chi connectivity index (χ2n) is 7.59. The minimum absolute atomic E-state index is 0.202. The van der Waals surface area contributed by atoms with Gasteiger partial charge in [-0.2, -0.15) is 9.67 Å². The van der Waals surface area contributed by atoms with Gasteiger partial charge in [-0.15, -0.1) is 5.10 Å². The van der Waals surface area contributed by atoms with Crippen LogP contribution in [0.2, 0.25) is 0 Å². The molecule has 2 aromatic heterocycles. The molecule has 4 aromatic rings. The maximum atomic E-state index is 13.6. The highest BCUT2D eigenvalue weighted by Crippen LogP contribution is 2.21. The number of aromatic nitrogens is 5. The Kier molecular flexibility index (Phi) is 6.40. The first-order valence-corrected chi connectivity index (χ1v) is 11.0. The van der Waals surface area contributed by atoms with Crippen molar-refractivity contribution in [2.75, 3.05) is 18.0 Å². The van der Waals surface area contributed by atoms with Gasteiger partial charge in [-0.25, -0.2) is 4.57 Å². The number of fused-ring (bicyclic) bond motifs is 1. The number of benzene rings is 2. The van der Waals surface area contributed by atoms with Crippen molar-refractivity contribution in [2.24, 2.45) is 0 Å². The number of rotatable bonds is 9. The van der Waals surface area contributed by atoms with Gasteiger partial charge in [-0.3, -0.25) is 4.79 Å². The average molecular weight is 417 g/mol. The van der Waals surface area contributed by atoms with Crippen molar-refractivity contribution in [3.05, 3.63) is 71.0 Å². The van der Waals surface area contributed by atoms with Gasteiger partial charge in [0.2, 0.25) is 5.95 Å². The Balaban J connectivity index is 1.96. The van der Waals surface area contributed by atoms with Crippen LogP contribution in [0.5, 0.6) is 0 Å². The van der Waals surface area contributed by atoms with Gasteiger partial charge in [0.1, 0.15) is 0 Å². The molecule has 0 aliphatic heterocycles. The number of hydrogen-bond acceptors (Lipinski definition) is 5. The molecule has 7 heteroatoms. The summed E-state index contributed by atoms with van der Waals surface area (Å²) in [5, 5.41) is 8.46. The van der Waals surface area contributed by atoms with E-state index in [9.17, 15) is 4.79 Å². The summed E-state index contributed by atoms with van der Waals surface area (Å²) in [6, 6.07) is 19.3. The second-order valence-corrected chi connectivity index (χ2v) is 7.59. The predicted molar refractivity (Wildman–Crippen MR) is 124 cm³/mol. The van der Waals surface area contributed by atoms with Crippen LogP contribution in [0.15, 0.2) is 65.5 Å². The number of nitrogens with zero attached hydrogens (tertiary/aromatic N) is 6. The van der Waals surface area contributed by atoms with Crippen molar-refractivity contribution in [3.63, 3.8) is 0 Å². The maximum absolute atomic E-state index is 13.6. The van der Waals surface area contributed by atoms with Crippen LogP contribution >= 0.6 is 0 Å². The van der Waals surface area contributed by atoms with E-state index in [-0.39, 0.29) is 11.1 Å². The van der Waals surface area contributed by atoms with Crippen LogP contribution in [0.3, 0.4) is 0 Å². The Morgan fingerprint density at radius 1 is 0.839 bits per heavy atom. The van der Waals surface area contributed by atoms with Crippen molar-refractivity contribution >= 4 is 17.1 Å². The molecule has 0 N–H and O–H groups in total. The fourth-order valence-corrected chi connectivity index (χ4v) is 3.63. The van der Waals surface area contributed by atoms with Gasteiger partial charge in [-0.05, 0) is 37.1 Å². The maximum Gasteiger partial charge on any atom is 0.289 e. The lowest BCUT2D eigenvalue weighted by Crippen LogP contribution is -2.34. The zero-order valence-corrected chi connectivity index (χ0v) is 18.1. The minimum atomic E-state index is -0.202. The standard InChI is InChI=1S/C24H28N6O/c1-3-5-17-28(18-6-4-2)24-25-22-21(23(31)29(24)19-13-9-7-10-14-19)26-27-30(22)20-15-11-8-12-16-20/h7-16H,3-6,17-18H2,1-2H3. The lowest BCUT2D eigenvalue weighted by molar-refractivity contribution is 0.653. The van der Waals surface area contributed by atoms with Crippen molar-refractivity contribution in [3.8, 4) is 11.4 Å². The molecule has 0 radical (unpaired) electrons. The Morgan fingerprint density at radius 3 is 2.00 bits per heavy atom. The van der Waals surface area contributed by atoms with Crippen molar-refractivity contribution in [1.82, 2.24) is 24.5 Å². The van der Waals surface area contributed by atoms with Crippen LogP contribution in [-0.2, 0) is 0 Å². The summed E-state index contributed by atoms with van der Waals surface area (Å²) in [5.41, 5.74) is 2.16. The van der Waals surface area contributed by atoms with E-state index in [1.807, 2.05) is 60.7 Å². The largest absolute Gasteiger partial charge is 0.342 e. The Bertz CT molecular complexity index is 1180. The highest BCUT2D eigenvalue weighted by molar-refractivity contribution is 5.73. The topological polar surface area (TPSA) is 68.8 Å². The van der Waals surface area contributed by atoms with E-state index in [0.29, 0.717) is 11.6 Å². The Labute approximate surface area is 182 Å². The summed E-state index contributed by atoms with van der Waals surface area (Å²) >= 11 is 0. The molecule has 0 bridgehead atoms. The third-order valence-electron chi connectivity index (χ3n) is 5.32. The van der Waals surface area contributed by atoms with Crippen LogP contribution in [0, 0.1) is 0 Å². The summed E-state index contributed by atoms with van der Waals surface area (Å²) in [7, 11) is 0. The summed E-state index contributed by atoms with van der Waals surface area (Å²) < 4.78 is 3.32. The molecular weight excluding hydrogens is 388 g/mol. The quantitative estimate of drug-likeness (QED) is 0.405. The Hall–Kier alpha value is -3.48. The van der Waals surface area contributed by atoms with Gasteiger partial charge in [0, 0.05) is 13.1 Å². The van der Waals surface area contributed by atoms with E-state index in [2.05, 4.69) is 29.1 Å². The predicted octanol–water partition coefficient (Wildman–Crippen LogP) is 4.37. The fourth-order valence-electron chi connectivity index (χ4n) is 3.63. The molecule has 0 aliphatic carbocycles. The summed E-state index contributed by atoms with van der Waals surface area (Å²) in [5.74, 6) is 0.644. The molecule has 0 fully saturated rings. The van der Waals surface area contributed by atoms with Gasteiger partial charge in [0.15, 0.2) is 11.2 Å². The highest BCUT2D eigenvalue weighted by atomic mass is 16.1. The summed E-state index contributed by atoms with van der Waals surface area (Å²) in [6.07, 6.45) is 4.21. The van der Waals surface area contributed by atoms with E-state index in [0.717, 1.165) is 50.1 Å². The van der Waals surface area contributed by atoms with Gasteiger partial charge in [-0.1, -0.05) is 68.3 Å². The first-order valence-electron chi connectivity index (χ1n) is 11.0. The zero-order chi connectivity index (χ0) is 21.6. The first-order chi connectivity index (χ1) is 15.2. The Morgan fingerprint density at radius 2 is 1.42 bits per heavy atom. The van der Waals surface area contributed by atoms with Crippen molar-refractivity contribution in [1.29, 1.82) is 0 Å². The number of anilines is 1. The zero-order valence-electron chi connectivity index (χ0n) is 18.1. The normalized spacial score (nSPS) is 11.2. The lowest BCUT2D eigenvalue weighted by Gasteiger charge is -2.26. The van der Waals surface area contributed by atoms with Crippen LogP contribution in [0.25, 0.3) is 22.5 Å².